The van der Waals surface area contributed by atoms with Crippen LogP contribution in [-0.4, -0.2) is 14.8 Å². The van der Waals surface area contributed by atoms with Gasteiger partial charge in [-0.1, -0.05) is 0 Å². The minimum Gasteiger partial charge on any atom is -0.320 e. The molecule has 0 saturated carbocycles. The minimum absolute atomic E-state index is 0.356. The number of rotatable bonds is 3. The molecule has 0 aliphatic rings. The molecule has 2 aromatic rings. The van der Waals surface area contributed by atoms with Gasteiger partial charge in [0.25, 0.3) is 0 Å². The molecule has 18 heavy (non-hydrogen) atoms. The van der Waals surface area contributed by atoms with Gasteiger partial charge in [-0.25, -0.2) is 4.39 Å². The van der Waals surface area contributed by atoms with E-state index < -0.39 is 5.54 Å². The van der Waals surface area contributed by atoms with Gasteiger partial charge in [-0.3, -0.25) is 9.67 Å². The van der Waals surface area contributed by atoms with Crippen LogP contribution in [0, 0.1) is 12.7 Å². The number of nitrogens with zero attached hydrogens (tertiary/aromatic N) is 3. The van der Waals surface area contributed by atoms with E-state index in [1.807, 2.05) is 31.6 Å². The van der Waals surface area contributed by atoms with Crippen LogP contribution >= 0.6 is 0 Å². The van der Waals surface area contributed by atoms with Crippen molar-refractivity contribution in [1.82, 2.24) is 14.8 Å². The van der Waals surface area contributed by atoms with Crippen LogP contribution in [0.15, 0.2) is 24.4 Å². The fourth-order valence-corrected chi connectivity index (χ4v) is 2.01. The molecule has 0 amide bonds. The lowest BCUT2D eigenvalue weighted by molar-refractivity contribution is 0.456. The Bertz CT molecular complexity index is 543. The molecule has 96 valence electrons. The maximum Gasteiger partial charge on any atom is 0.141 e. The topological polar surface area (TPSA) is 56.7 Å². The number of halogens is 1. The summed E-state index contributed by atoms with van der Waals surface area (Å²) >= 11 is 0. The predicted octanol–water partition coefficient (Wildman–Crippen LogP) is 1.68. The van der Waals surface area contributed by atoms with Crippen molar-refractivity contribution < 1.29 is 4.39 Å². The second-order valence-corrected chi connectivity index (χ2v) is 4.86. The predicted molar refractivity (Wildman–Crippen MR) is 67.4 cm³/mol. The Morgan fingerprint density at radius 3 is 2.67 bits per heavy atom. The number of hydrogen-bond acceptors (Lipinski definition) is 3. The number of aromatic nitrogens is 3. The van der Waals surface area contributed by atoms with Crippen molar-refractivity contribution in [1.29, 1.82) is 0 Å². The van der Waals surface area contributed by atoms with Crippen LogP contribution in [0.1, 0.15) is 24.0 Å². The van der Waals surface area contributed by atoms with Crippen LogP contribution in [0.25, 0.3) is 0 Å². The van der Waals surface area contributed by atoms with Crippen LogP contribution in [0.5, 0.6) is 0 Å². The third-order valence-electron chi connectivity index (χ3n) is 2.96. The SMILES string of the molecule is Cc1cc(CC(C)(N)c2ccc(F)cn2)n(C)n1. The molecular formula is C13H17FN4. The molecule has 2 rings (SSSR count). The standard InChI is InChI=1S/C13H17FN4/c1-9-6-11(18(3)17-9)7-13(2,15)12-5-4-10(14)8-16-12/h4-6,8H,7,15H2,1-3H3. The third kappa shape index (κ3) is 2.56. The van der Waals surface area contributed by atoms with Crippen LogP contribution in [0.3, 0.4) is 0 Å². The monoisotopic (exact) mass is 248 g/mol. The zero-order chi connectivity index (χ0) is 13.3. The summed E-state index contributed by atoms with van der Waals surface area (Å²) in [4.78, 5) is 4.05. The highest BCUT2D eigenvalue weighted by Gasteiger charge is 2.25. The van der Waals surface area contributed by atoms with Gasteiger partial charge in [0.1, 0.15) is 5.82 Å². The smallest absolute Gasteiger partial charge is 0.141 e. The van der Waals surface area contributed by atoms with E-state index in [1.165, 1.54) is 12.3 Å². The van der Waals surface area contributed by atoms with Gasteiger partial charge in [0, 0.05) is 19.2 Å². The average molecular weight is 248 g/mol. The Kier molecular flexibility index (Phi) is 3.17. The fourth-order valence-electron chi connectivity index (χ4n) is 2.01. The summed E-state index contributed by atoms with van der Waals surface area (Å²) in [7, 11) is 1.89. The zero-order valence-electron chi connectivity index (χ0n) is 10.8. The van der Waals surface area contributed by atoms with Crippen molar-refractivity contribution in [2.75, 3.05) is 0 Å². The summed E-state index contributed by atoms with van der Waals surface area (Å²) in [6.07, 6.45) is 1.79. The second-order valence-electron chi connectivity index (χ2n) is 4.86. The molecule has 0 fully saturated rings. The van der Waals surface area contributed by atoms with Gasteiger partial charge in [-0.05, 0) is 32.0 Å². The maximum absolute atomic E-state index is 12.9. The van der Waals surface area contributed by atoms with Crippen molar-refractivity contribution in [3.05, 3.63) is 47.3 Å². The Morgan fingerprint density at radius 1 is 1.44 bits per heavy atom. The van der Waals surface area contributed by atoms with E-state index in [2.05, 4.69) is 10.1 Å². The number of hydrogen-bond donors (Lipinski definition) is 1. The molecule has 1 unspecified atom stereocenters. The van der Waals surface area contributed by atoms with E-state index in [9.17, 15) is 4.39 Å². The van der Waals surface area contributed by atoms with Crippen LogP contribution in [0.4, 0.5) is 4.39 Å². The largest absolute Gasteiger partial charge is 0.320 e. The molecule has 0 aliphatic heterocycles. The lowest BCUT2D eigenvalue weighted by atomic mass is 9.92. The van der Waals surface area contributed by atoms with Gasteiger partial charge in [0.2, 0.25) is 0 Å². The molecule has 0 spiro atoms. The molecule has 1 atom stereocenters. The molecular weight excluding hydrogens is 231 g/mol. The Morgan fingerprint density at radius 2 is 2.17 bits per heavy atom. The third-order valence-corrected chi connectivity index (χ3v) is 2.96. The number of nitrogens with two attached hydrogens (primary N) is 1. The van der Waals surface area contributed by atoms with E-state index in [0.717, 1.165) is 11.4 Å². The van der Waals surface area contributed by atoms with E-state index in [4.69, 9.17) is 5.73 Å². The first kappa shape index (κ1) is 12.7. The molecule has 4 nitrogen and oxygen atoms in total. The van der Waals surface area contributed by atoms with Gasteiger partial charge in [-0.2, -0.15) is 5.10 Å². The summed E-state index contributed by atoms with van der Waals surface area (Å²) in [5.74, 6) is -0.356. The van der Waals surface area contributed by atoms with Crippen molar-refractivity contribution in [2.45, 2.75) is 25.8 Å². The lowest BCUT2D eigenvalue weighted by Crippen LogP contribution is -2.37. The first-order valence-electron chi connectivity index (χ1n) is 5.79. The summed E-state index contributed by atoms with van der Waals surface area (Å²) in [5, 5.41) is 4.28. The zero-order valence-corrected chi connectivity index (χ0v) is 10.8. The van der Waals surface area contributed by atoms with Gasteiger partial charge < -0.3 is 5.73 Å². The molecule has 0 bridgehead atoms. The van der Waals surface area contributed by atoms with Crippen LogP contribution < -0.4 is 5.73 Å². The van der Waals surface area contributed by atoms with Crippen molar-refractivity contribution >= 4 is 0 Å². The molecule has 0 aromatic carbocycles. The quantitative estimate of drug-likeness (QED) is 0.899. The second kappa shape index (κ2) is 4.49. The molecule has 2 aromatic heterocycles. The molecule has 0 radical (unpaired) electrons. The Balaban J connectivity index is 2.26. The molecule has 2 heterocycles. The van der Waals surface area contributed by atoms with Crippen molar-refractivity contribution in [3.63, 3.8) is 0 Å². The molecule has 0 aliphatic carbocycles. The molecule has 0 saturated heterocycles. The Labute approximate surface area is 106 Å². The van der Waals surface area contributed by atoms with Gasteiger partial charge in [-0.15, -0.1) is 0 Å². The van der Waals surface area contributed by atoms with E-state index in [1.54, 1.807) is 6.07 Å². The van der Waals surface area contributed by atoms with E-state index in [-0.39, 0.29) is 5.82 Å². The van der Waals surface area contributed by atoms with Crippen molar-refractivity contribution in [3.8, 4) is 0 Å². The van der Waals surface area contributed by atoms with E-state index >= 15 is 0 Å². The van der Waals surface area contributed by atoms with Crippen LogP contribution in [-0.2, 0) is 19.0 Å². The summed E-state index contributed by atoms with van der Waals surface area (Å²) in [6, 6.07) is 5.00. The van der Waals surface area contributed by atoms with E-state index in [0.29, 0.717) is 12.1 Å². The van der Waals surface area contributed by atoms with Gasteiger partial charge in [0.05, 0.1) is 23.1 Å². The summed E-state index contributed by atoms with van der Waals surface area (Å²) < 4.78 is 14.7. The molecule has 2 N–H and O–H groups in total. The normalized spacial score (nSPS) is 14.5. The highest BCUT2D eigenvalue weighted by molar-refractivity contribution is 5.20. The fraction of sp³-hybridized carbons (Fsp3) is 0.385. The summed E-state index contributed by atoms with van der Waals surface area (Å²) in [5.41, 5.74) is 8.28. The first-order chi connectivity index (χ1) is 8.38. The van der Waals surface area contributed by atoms with Crippen LogP contribution in [0.2, 0.25) is 0 Å². The van der Waals surface area contributed by atoms with Crippen molar-refractivity contribution in [2.24, 2.45) is 12.8 Å². The van der Waals surface area contributed by atoms with Gasteiger partial charge >= 0.3 is 0 Å². The first-order valence-corrected chi connectivity index (χ1v) is 5.79. The van der Waals surface area contributed by atoms with Gasteiger partial charge in [0.15, 0.2) is 0 Å². The number of pyridine rings is 1. The minimum atomic E-state index is -0.645. The lowest BCUT2D eigenvalue weighted by Gasteiger charge is -2.23. The maximum atomic E-state index is 12.9. The highest BCUT2D eigenvalue weighted by atomic mass is 19.1. The highest BCUT2D eigenvalue weighted by Crippen LogP contribution is 2.21. The summed E-state index contributed by atoms with van der Waals surface area (Å²) in [6.45, 7) is 3.82. The number of aryl methyl sites for hydroxylation is 2. The Hall–Kier alpha value is -1.75. The molecule has 5 heteroatoms. The average Bonchev–Trinajstić information content (AvgIpc) is 2.57.